The molecule has 0 aromatic rings. The summed E-state index contributed by atoms with van der Waals surface area (Å²) in [5.74, 6) is -0.322. The third-order valence-electron chi connectivity index (χ3n) is 3.02. The molecule has 10 heteroatoms. The number of allylic oxidation sites excluding steroid dienone is 1. The molecule has 1 aliphatic rings. The summed E-state index contributed by atoms with van der Waals surface area (Å²) in [4.78, 5) is 14.8. The fraction of sp³-hybridized carbons (Fsp3) is 0.769. The summed E-state index contributed by atoms with van der Waals surface area (Å²) in [6.45, 7) is 5.50. The lowest BCUT2D eigenvalue weighted by Crippen LogP contribution is -2.43. The maximum Gasteiger partial charge on any atom is 0.350 e. The van der Waals surface area contributed by atoms with Crippen molar-refractivity contribution < 1.29 is 27.9 Å². The Balaban J connectivity index is 2.87. The van der Waals surface area contributed by atoms with Crippen molar-refractivity contribution in [3.05, 3.63) is 22.3 Å². The minimum absolute atomic E-state index is 0.0912. The van der Waals surface area contributed by atoms with Crippen molar-refractivity contribution in [1.29, 1.82) is 0 Å². The van der Waals surface area contributed by atoms with E-state index in [1.54, 1.807) is 26.8 Å². The van der Waals surface area contributed by atoms with Gasteiger partial charge in [0.1, 0.15) is 11.9 Å². The molecule has 0 aliphatic carbocycles. The van der Waals surface area contributed by atoms with Gasteiger partial charge in [-0.2, -0.15) is 0 Å². The van der Waals surface area contributed by atoms with Crippen LogP contribution in [0.4, 0.5) is 0 Å². The zero-order valence-electron chi connectivity index (χ0n) is 13.6. The summed E-state index contributed by atoms with van der Waals surface area (Å²) in [7, 11) is -3.35. The van der Waals surface area contributed by atoms with E-state index in [9.17, 15) is 9.36 Å². The standard InChI is InChI=1S/C13H22N3O6P/c1-4-19-12(17)13(10-15-16-14)8-7-11(22-13)9-23(18,20-5-2)21-6-3/h7H,4-6,8-10H2,1-3H3. The molecule has 23 heavy (non-hydrogen) atoms. The smallest absolute Gasteiger partial charge is 0.350 e. The fourth-order valence-corrected chi connectivity index (χ4v) is 3.74. The van der Waals surface area contributed by atoms with Gasteiger partial charge >= 0.3 is 13.6 Å². The number of carbonyl (C=O) groups excluding carboxylic acids is 1. The summed E-state index contributed by atoms with van der Waals surface area (Å²) in [5.41, 5.74) is 7.08. The van der Waals surface area contributed by atoms with E-state index in [-0.39, 0.29) is 38.9 Å². The van der Waals surface area contributed by atoms with E-state index in [0.717, 1.165) is 0 Å². The molecule has 0 saturated carbocycles. The first-order chi connectivity index (χ1) is 10.9. The summed E-state index contributed by atoms with van der Waals surface area (Å²) in [6.07, 6.45) is 1.69. The molecule has 0 radical (unpaired) electrons. The van der Waals surface area contributed by atoms with Crippen LogP contribution >= 0.6 is 7.60 Å². The molecule has 1 aliphatic heterocycles. The van der Waals surface area contributed by atoms with Crippen molar-refractivity contribution in [1.82, 2.24) is 0 Å². The first kappa shape index (κ1) is 19.5. The lowest BCUT2D eigenvalue weighted by atomic mass is 10.0. The molecule has 0 spiro atoms. The first-order valence-electron chi connectivity index (χ1n) is 7.39. The molecule has 1 atom stereocenters. The SMILES string of the molecule is CCOC(=O)C1(CN=[N+]=[N-])CC=C(CP(=O)(OCC)OCC)O1. The number of hydrogen-bond donors (Lipinski definition) is 0. The summed E-state index contributed by atoms with van der Waals surface area (Å²) in [6, 6.07) is 0. The Morgan fingerprint density at radius 1 is 1.39 bits per heavy atom. The average molecular weight is 347 g/mol. The van der Waals surface area contributed by atoms with Gasteiger partial charge in [-0.15, -0.1) is 0 Å². The van der Waals surface area contributed by atoms with Crippen molar-refractivity contribution in [2.75, 3.05) is 32.5 Å². The van der Waals surface area contributed by atoms with E-state index in [1.165, 1.54) is 0 Å². The highest BCUT2D eigenvalue weighted by Gasteiger charge is 2.46. The second-order valence-corrected chi connectivity index (χ2v) is 6.74. The number of azide groups is 1. The van der Waals surface area contributed by atoms with Gasteiger partial charge in [0.25, 0.3) is 0 Å². The highest BCUT2D eigenvalue weighted by Crippen LogP contribution is 2.51. The van der Waals surface area contributed by atoms with Crippen molar-refractivity contribution in [3.63, 3.8) is 0 Å². The monoisotopic (exact) mass is 347 g/mol. The van der Waals surface area contributed by atoms with Crippen LogP contribution in [0.1, 0.15) is 27.2 Å². The predicted octanol–water partition coefficient (Wildman–Crippen LogP) is 3.17. The van der Waals surface area contributed by atoms with Gasteiger partial charge < -0.3 is 18.5 Å². The predicted molar refractivity (Wildman–Crippen MR) is 82.9 cm³/mol. The summed E-state index contributed by atoms with van der Waals surface area (Å²) >= 11 is 0. The van der Waals surface area contributed by atoms with E-state index >= 15 is 0 Å². The Kier molecular flexibility index (Phi) is 7.58. The lowest BCUT2D eigenvalue weighted by molar-refractivity contribution is -0.163. The van der Waals surface area contributed by atoms with Gasteiger partial charge in [-0.1, -0.05) is 5.11 Å². The molecule has 0 amide bonds. The molecule has 0 saturated heterocycles. The van der Waals surface area contributed by atoms with E-state index in [2.05, 4.69) is 10.0 Å². The van der Waals surface area contributed by atoms with E-state index < -0.39 is 19.2 Å². The van der Waals surface area contributed by atoms with Crippen LogP contribution in [0.2, 0.25) is 0 Å². The van der Waals surface area contributed by atoms with Crippen LogP contribution < -0.4 is 0 Å². The number of carbonyl (C=O) groups is 1. The number of esters is 1. The Bertz CT molecular complexity index is 536. The largest absolute Gasteiger partial charge is 0.479 e. The van der Waals surface area contributed by atoms with Crippen molar-refractivity contribution in [2.24, 2.45) is 5.11 Å². The fourth-order valence-electron chi connectivity index (χ4n) is 2.12. The van der Waals surface area contributed by atoms with Crippen LogP contribution in [0.3, 0.4) is 0 Å². The zero-order chi connectivity index (χ0) is 17.3. The molecule has 9 nitrogen and oxygen atoms in total. The number of nitrogens with zero attached hydrogens (tertiary/aromatic N) is 3. The van der Waals surface area contributed by atoms with Gasteiger partial charge in [-0.3, -0.25) is 4.57 Å². The molecule has 0 fully saturated rings. The van der Waals surface area contributed by atoms with Gasteiger partial charge in [0.15, 0.2) is 0 Å². The molecule has 0 aromatic carbocycles. The van der Waals surface area contributed by atoms with Gasteiger partial charge in [0.2, 0.25) is 5.60 Å². The minimum Gasteiger partial charge on any atom is -0.479 e. The second-order valence-electron chi connectivity index (χ2n) is 4.68. The quantitative estimate of drug-likeness (QED) is 0.197. The van der Waals surface area contributed by atoms with Crippen molar-refractivity contribution in [2.45, 2.75) is 32.8 Å². The maximum absolute atomic E-state index is 12.5. The lowest BCUT2D eigenvalue weighted by Gasteiger charge is -2.26. The molecule has 0 bridgehead atoms. The van der Waals surface area contributed by atoms with E-state index in [4.69, 9.17) is 24.1 Å². The Hall–Kier alpha value is -1.53. The number of hydrogen-bond acceptors (Lipinski definition) is 7. The normalized spacial score (nSPS) is 20.4. The Morgan fingerprint density at radius 2 is 2.04 bits per heavy atom. The minimum atomic E-state index is -3.35. The van der Waals surface area contributed by atoms with Crippen LogP contribution in [0.25, 0.3) is 10.4 Å². The van der Waals surface area contributed by atoms with Crippen LogP contribution in [-0.2, 0) is 27.9 Å². The Morgan fingerprint density at radius 3 is 2.57 bits per heavy atom. The topological polar surface area (TPSA) is 120 Å². The van der Waals surface area contributed by atoms with Gasteiger partial charge in [-0.25, -0.2) is 4.79 Å². The van der Waals surface area contributed by atoms with Crippen LogP contribution in [-0.4, -0.2) is 44.1 Å². The number of ether oxygens (including phenoxy) is 2. The van der Waals surface area contributed by atoms with Crippen molar-refractivity contribution >= 4 is 13.6 Å². The molecule has 1 heterocycles. The molecule has 0 aromatic heterocycles. The molecule has 130 valence electrons. The van der Waals surface area contributed by atoms with Crippen molar-refractivity contribution in [3.8, 4) is 0 Å². The molecule has 0 N–H and O–H groups in total. The van der Waals surface area contributed by atoms with Gasteiger partial charge in [0.05, 0.1) is 26.4 Å². The van der Waals surface area contributed by atoms with Crippen LogP contribution in [0.15, 0.2) is 16.9 Å². The van der Waals surface area contributed by atoms with E-state index in [0.29, 0.717) is 5.76 Å². The van der Waals surface area contributed by atoms with Gasteiger partial charge in [0, 0.05) is 11.3 Å². The Labute approximate surface area is 135 Å². The molecular formula is C13H22N3O6P. The second kappa shape index (κ2) is 8.93. The highest BCUT2D eigenvalue weighted by atomic mass is 31.2. The van der Waals surface area contributed by atoms with Crippen LogP contribution in [0.5, 0.6) is 0 Å². The van der Waals surface area contributed by atoms with E-state index in [1.807, 2.05) is 0 Å². The van der Waals surface area contributed by atoms with Gasteiger partial charge in [-0.05, 0) is 32.4 Å². The zero-order valence-corrected chi connectivity index (χ0v) is 14.5. The third kappa shape index (κ3) is 5.25. The highest BCUT2D eigenvalue weighted by molar-refractivity contribution is 7.54. The number of rotatable bonds is 10. The molecule has 1 rings (SSSR count). The first-order valence-corrected chi connectivity index (χ1v) is 9.12. The molecular weight excluding hydrogens is 325 g/mol. The third-order valence-corrected chi connectivity index (χ3v) is 5.03. The maximum atomic E-state index is 12.5. The average Bonchev–Trinajstić information content (AvgIpc) is 2.90. The molecule has 1 unspecified atom stereocenters. The van der Waals surface area contributed by atoms with Crippen LogP contribution in [0, 0.1) is 0 Å². The summed E-state index contributed by atoms with van der Waals surface area (Å²) in [5, 5.41) is 3.42. The summed E-state index contributed by atoms with van der Waals surface area (Å²) < 4.78 is 33.6.